The average Bonchev–Trinajstić information content (AvgIpc) is 3.06. The fourth-order valence-electron chi connectivity index (χ4n) is 5.51. The number of likely N-dealkylation sites (N-methyl/N-ethyl adjacent to an activating group) is 1. The minimum Gasteiger partial charge on any atom is -0.404 e. The van der Waals surface area contributed by atoms with Gasteiger partial charge in [-0.05, 0) is 80.1 Å². The monoisotopic (exact) mass is 487 g/mol. The van der Waals surface area contributed by atoms with Gasteiger partial charge in [-0.1, -0.05) is 32.0 Å². The van der Waals surface area contributed by atoms with E-state index in [0.29, 0.717) is 18.0 Å². The summed E-state index contributed by atoms with van der Waals surface area (Å²) >= 11 is 0. The van der Waals surface area contributed by atoms with E-state index in [4.69, 9.17) is 5.73 Å². The van der Waals surface area contributed by atoms with E-state index in [2.05, 4.69) is 77.4 Å². The Hall–Kier alpha value is -3.12. The lowest BCUT2D eigenvalue weighted by Gasteiger charge is -2.40. The number of aliphatic imine (C=N–C) groups is 1. The van der Waals surface area contributed by atoms with Crippen LogP contribution >= 0.6 is 0 Å². The SMILES string of the molecule is CN=C/C(=C\N)c1cc(C(C)C)cc([C@@H](C)NC(=O)c2cc(N3C[C@H]4CC[C@@H](C3)N4C)ccc2C)c1. The van der Waals surface area contributed by atoms with E-state index < -0.39 is 0 Å². The van der Waals surface area contributed by atoms with E-state index in [9.17, 15) is 4.79 Å². The van der Waals surface area contributed by atoms with Gasteiger partial charge < -0.3 is 16.0 Å². The second-order valence-corrected chi connectivity index (χ2v) is 10.7. The Labute approximate surface area is 216 Å². The number of hydrogen-bond acceptors (Lipinski definition) is 5. The molecule has 4 rings (SSSR count). The maximum absolute atomic E-state index is 13.5. The number of nitrogens with one attached hydrogen (secondary N) is 1. The number of rotatable bonds is 7. The van der Waals surface area contributed by atoms with E-state index in [1.807, 2.05) is 13.8 Å². The molecule has 192 valence electrons. The van der Waals surface area contributed by atoms with Gasteiger partial charge in [-0.15, -0.1) is 0 Å². The first kappa shape index (κ1) is 26.0. The number of anilines is 1. The first-order valence-electron chi connectivity index (χ1n) is 13.1. The molecular weight excluding hydrogens is 446 g/mol. The molecule has 2 aliphatic rings. The van der Waals surface area contributed by atoms with Gasteiger partial charge in [0.1, 0.15) is 0 Å². The first-order valence-corrected chi connectivity index (χ1v) is 13.1. The average molecular weight is 488 g/mol. The molecule has 3 N–H and O–H groups in total. The van der Waals surface area contributed by atoms with Crippen LogP contribution in [0.3, 0.4) is 0 Å². The Morgan fingerprint density at radius 2 is 1.75 bits per heavy atom. The van der Waals surface area contributed by atoms with Crippen molar-refractivity contribution in [3.8, 4) is 0 Å². The molecule has 0 aliphatic carbocycles. The van der Waals surface area contributed by atoms with Crippen molar-refractivity contribution in [2.24, 2.45) is 10.7 Å². The fourth-order valence-corrected chi connectivity index (χ4v) is 5.51. The van der Waals surface area contributed by atoms with Crippen LogP contribution in [0, 0.1) is 6.92 Å². The largest absolute Gasteiger partial charge is 0.404 e. The van der Waals surface area contributed by atoms with E-state index in [1.54, 1.807) is 19.5 Å². The van der Waals surface area contributed by atoms with Crippen molar-refractivity contribution in [3.05, 3.63) is 70.4 Å². The molecule has 6 heteroatoms. The number of carbonyl (C=O) groups excluding carboxylic acids is 1. The minimum atomic E-state index is -0.157. The number of allylic oxidation sites excluding steroid dienone is 1. The molecule has 0 spiro atoms. The highest BCUT2D eigenvalue weighted by Gasteiger charge is 2.37. The molecule has 36 heavy (non-hydrogen) atoms. The first-order chi connectivity index (χ1) is 17.2. The molecule has 2 aromatic rings. The number of hydrogen-bond donors (Lipinski definition) is 2. The van der Waals surface area contributed by atoms with Crippen molar-refractivity contribution in [2.75, 3.05) is 32.1 Å². The molecule has 3 atom stereocenters. The zero-order valence-electron chi connectivity index (χ0n) is 22.6. The lowest BCUT2D eigenvalue weighted by Crippen LogP contribution is -2.52. The van der Waals surface area contributed by atoms with Crippen LogP contribution in [-0.2, 0) is 0 Å². The number of benzene rings is 2. The molecule has 1 amide bonds. The summed E-state index contributed by atoms with van der Waals surface area (Å²) in [5, 5.41) is 3.25. The second-order valence-electron chi connectivity index (χ2n) is 10.7. The van der Waals surface area contributed by atoms with Crippen molar-refractivity contribution in [3.63, 3.8) is 0 Å². The number of carbonyl (C=O) groups is 1. The molecule has 0 radical (unpaired) electrons. The Morgan fingerprint density at radius 3 is 2.36 bits per heavy atom. The summed E-state index contributed by atoms with van der Waals surface area (Å²) in [5.41, 5.74) is 12.9. The molecule has 2 bridgehead atoms. The van der Waals surface area contributed by atoms with Crippen LogP contribution in [-0.4, -0.2) is 56.3 Å². The summed E-state index contributed by atoms with van der Waals surface area (Å²) in [6.07, 6.45) is 5.87. The van der Waals surface area contributed by atoms with Gasteiger partial charge in [0.25, 0.3) is 5.91 Å². The highest BCUT2D eigenvalue weighted by atomic mass is 16.1. The Morgan fingerprint density at radius 1 is 1.08 bits per heavy atom. The predicted octanol–water partition coefficient (Wildman–Crippen LogP) is 4.89. The van der Waals surface area contributed by atoms with Crippen LogP contribution in [0.1, 0.15) is 78.2 Å². The van der Waals surface area contributed by atoms with Crippen molar-refractivity contribution < 1.29 is 4.79 Å². The molecule has 2 fully saturated rings. The maximum Gasteiger partial charge on any atom is 0.252 e. The third-order valence-electron chi connectivity index (χ3n) is 7.95. The van der Waals surface area contributed by atoms with Gasteiger partial charge in [-0.2, -0.15) is 0 Å². The smallest absolute Gasteiger partial charge is 0.252 e. The predicted molar refractivity (Wildman–Crippen MR) is 151 cm³/mol. The molecule has 6 nitrogen and oxygen atoms in total. The number of piperazine rings is 1. The van der Waals surface area contributed by atoms with Crippen molar-refractivity contribution in [1.29, 1.82) is 0 Å². The number of nitrogens with zero attached hydrogens (tertiary/aromatic N) is 3. The highest BCUT2D eigenvalue weighted by molar-refractivity contribution is 6.09. The molecule has 0 saturated carbocycles. The molecule has 2 aromatic carbocycles. The van der Waals surface area contributed by atoms with E-state index in [0.717, 1.165) is 46.6 Å². The van der Waals surface area contributed by atoms with E-state index in [-0.39, 0.29) is 11.9 Å². The molecule has 0 unspecified atom stereocenters. The van der Waals surface area contributed by atoms with Gasteiger partial charge >= 0.3 is 0 Å². The van der Waals surface area contributed by atoms with Crippen LogP contribution in [0.15, 0.2) is 47.6 Å². The summed E-state index contributed by atoms with van der Waals surface area (Å²) < 4.78 is 0. The summed E-state index contributed by atoms with van der Waals surface area (Å²) in [5.74, 6) is 0.308. The van der Waals surface area contributed by atoms with Gasteiger partial charge in [0.15, 0.2) is 0 Å². The summed E-state index contributed by atoms with van der Waals surface area (Å²) in [7, 11) is 3.99. The molecule has 2 aliphatic heterocycles. The third kappa shape index (κ3) is 5.34. The normalized spacial score (nSPS) is 21.4. The lowest BCUT2D eigenvalue weighted by molar-refractivity contribution is 0.0939. The molecule has 2 heterocycles. The number of amides is 1. The summed E-state index contributed by atoms with van der Waals surface area (Å²) in [4.78, 5) is 22.6. The number of aryl methyl sites for hydroxylation is 1. The van der Waals surface area contributed by atoms with Crippen LogP contribution in [0.2, 0.25) is 0 Å². The minimum absolute atomic E-state index is 0.0415. The van der Waals surface area contributed by atoms with Crippen LogP contribution < -0.4 is 16.0 Å². The van der Waals surface area contributed by atoms with Crippen LogP contribution in [0.25, 0.3) is 5.57 Å². The molecule has 0 aromatic heterocycles. The van der Waals surface area contributed by atoms with Gasteiger partial charge in [0, 0.05) is 61.5 Å². The summed E-state index contributed by atoms with van der Waals surface area (Å²) in [6.45, 7) is 10.4. The number of fused-ring (bicyclic) bond motifs is 2. The second kappa shape index (κ2) is 10.9. The van der Waals surface area contributed by atoms with Gasteiger partial charge in [0.2, 0.25) is 0 Å². The molecule has 2 saturated heterocycles. The topological polar surface area (TPSA) is 74.0 Å². The summed E-state index contributed by atoms with van der Waals surface area (Å²) in [6, 6.07) is 13.8. The zero-order valence-corrected chi connectivity index (χ0v) is 22.6. The number of nitrogens with two attached hydrogens (primary N) is 1. The zero-order chi connectivity index (χ0) is 26.0. The fraction of sp³-hybridized carbons (Fsp3) is 0.467. The maximum atomic E-state index is 13.5. The van der Waals surface area contributed by atoms with Gasteiger partial charge in [-0.3, -0.25) is 14.7 Å². The highest BCUT2D eigenvalue weighted by Crippen LogP contribution is 2.32. The Balaban J connectivity index is 1.56. The quantitative estimate of drug-likeness (QED) is 0.545. The van der Waals surface area contributed by atoms with Crippen LogP contribution in [0.5, 0.6) is 0 Å². The van der Waals surface area contributed by atoms with E-state index in [1.165, 1.54) is 18.4 Å². The van der Waals surface area contributed by atoms with Crippen molar-refractivity contribution in [2.45, 2.75) is 64.6 Å². The van der Waals surface area contributed by atoms with Crippen molar-refractivity contribution in [1.82, 2.24) is 10.2 Å². The van der Waals surface area contributed by atoms with Gasteiger partial charge in [-0.25, -0.2) is 0 Å². The Bertz CT molecular complexity index is 1150. The molecular formula is C30H41N5O. The third-order valence-corrected chi connectivity index (χ3v) is 7.95. The van der Waals surface area contributed by atoms with Gasteiger partial charge in [0.05, 0.1) is 6.04 Å². The standard InChI is InChI=1S/C30H41N5O/c1-19(2)22-11-23(13-24(12-22)25(15-31)16-32-5)21(4)33-30(36)29-14-26(8-7-20(29)3)35-17-27-9-10-28(18-35)34(27)6/h7-8,11-16,19,21,27-28H,9-10,17-18,31H2,1-6H3,(H,33,36)/b25-15+,32-16?/t21-,27-,28+/m1/s1. The Kier molecular flexibility index (Phi) is 7.84. The van der Waals surface area contributed by atoms with Crippen LogP contribution in [0.4, 0.5) is 5.69 Å². The lowest BCUT2D eigenvalue weighted by atomic mass is 9.92. The van der Waals surface area contributed by atoms with Crippen molar-refractivity contribution >= 4 is 23.4 Å². The van der Waals surface area contributed by atoms with E-state index >= 15 is 0 Å².